The van der Waals surface area contributed by atoms with Crippen molar-refractivity contribution in [3.8, 4) is 5.75 Å². The van der Waals surface area contributed by atoms with Gasteiger partial charge in [0.2, 0.25) is 0 Å². The summed E-state index contributed by atoms with van der Waals surface area (Å²) in [6.07, 6.45) is 0.982. The Morgan fingerprint density at radius 2 is 2.11 bits per heavy atom. The lowest BCUT2D eigenvalue weighted by Crippen LogP contribution is -1.96. The number of hydrogen-bond donors (Lipinski definition) is 0. The predicted octanol–water partition coefficient (Wildman–Crippen LogP) is 5.30. The molecule has 0 amide bonds. The Bertz CT molecular complexity index is 536. The lowest BCUT2D eigenvalue weighted by atomic mass is 10.1. The first-order valence-electron chi connectivity index (χ1n) is 5.71. The average Bonchev–Trinajstić information content (AvgIpc) is 2.86. The first kappa shape index (κ1) is 13.7. The van der Waals surface area contributed by atoms with Crippen LogP contribution in [-0.4, -0.2) is 7.11 Å². The van der Waals surface area contributed by atoms with Crippen LogP contribution in [0.15, 0.2) is 29.6 Å². The van der Waals surface area contributed by atoms with E-state index in [9.17, 15) is 0 Å². The molecular weight excluding hydrogens is 287 g/mol. The molecule has 0 fully saturated rings. The fraction of sp³-hybridized carbons (Fsp3) is 0.286. The summed E-state index contributed by atoms with van der Waals surface area (Å²) in [6.45, 7) is 2.13. The minimum atomic E-state index is -0.196. The molecule has 0 saturated carbocycles. The first-order chi connectivity index (χ1) is 8.67. The molecule has 0 aliphatic heterocycles. The van der Waals surface area contributed by atoms with Crippen molar-refractivity contribution in [3.63, 3.8) is 0 Å². The molecule has 1 aromatic heterocycles. The number of hydrogen-bond acceptors (Lipinski definition) is 2. The van der Waals surface area contributed by atoms with Crippen LogP contribution in [-0.2, 0) is 6.42 Å². The van der Waals surface area contributed by atoms with Crippen LogP contribution in [0.5, 0.6) is 5.75 Å². The van der Waals surface area contributed by atoms with Crippen LogP contribution in [0.25, 0.3) is 0 Å². The van der Waals surface area contributed by atoms with Gasteiger partial charge in [-0.2, -0.15) is 0 Å². The lowest BCUT2D eigenvalue weighted by molar-refractivity contribution is 0.414. The second kappa shape index (κ2) is 5.96. The van der Waals surface area contributed by atoms with E-state index < -0.39 is 0 Å². The Hall–Kier alpha value is -0.700. The minimum absolute atomic E-state index is 0.196. The molecule has 0 aliphatic carbocycles. The van der Waals surface area contributed by atoms with Crippen molar-refractivity contribution in [2.75, 3.05) is 7.11 Å². The van der Waals surface area contributed by atoms with Crippen LogP contribution in [0, 0.1) is 0 Å². The largest absolute Gasteiger partial charge is 0.497 e. The Morgan fingerprint density at radius 3 is 2.72 bits per heavy atom. The van der Waals surface area contributed by atoms with Crippen LogP contribution in [0.1, 0.15) is 28.3 Å². The quantitative estimate of drug-likeness (QED) is 0.696. The lowest BCUT2D eigenvalue weighted by Gasteiger charge is -2.13. The molecule has 0 spiro atoms. The summed E-state index contributed by atoms with van der Waals surface area (Å²) in [7, 11) is 1.62. The van der Waals surface area contributed by atoms with Gasteiger partial charge >= 0.3 is 0 Å². The maximum absolute atomic E-state index is 6.54. The van der Waals surface area contributed by atoms with Crippen LogP contribution in [0.4, 0.5) is 0 Å². The van der Waals surface area contributed by atoms with E-state index in [1.54, 1.807) is 24.5 Å². The van der Waals surface area contributed by atoms with Gasteiger partial charge in [-0.05, 0) is 41.1 Å². The van der Waals surface area contributed by atoms with E-state index in [1.807, 2.05) is 12.1 Å². The molecular formula is C14H14Cl2OS. The van der Waals surface area contributed by atoms with E-state index in [2.05, 4.69) is 18.4 Å². The fourth-order valence-corrected chi connectivity index (χ4v) is 3.65. The maximum Gasteiger partial charge on any atom is 0.120 e. The molecule has 0 radical (unpaired) electrons. The number of alkyl halides is 1. The monoisotopic (exact) mass is 300 g/mol. The average molecular weight is 301 g/mol. The molecule has 4 heteroatoms. The van der Waals surface area contributed by atoms with Crippen LogP contribution < -0.4 is 4.74 Å². The highest BCUT2D eigenvalue weighted by atomic mass is 35.5. The number of thiophene rings is 1. The molecule has 1 unspecified atom stereocenters. The van der Waals surface area contributed by atoms with Crippen molar-refractivity contribution in [3.05, 3.63) is 50.7 Å². The van der Waals surface area contributed by atoms with E-state index >= 15 is 0 Å². The van der Waals surface area contributed by atoms with Gasteiger partial charge in [0.15, 0.2) is 0 Å². The topological polar surface area (TPSA) is 9.23 Å². The summed E-state index contributed by atoms with van der Waals surface area (Å²) in [5.74, 6) is 0.745. The molecule has 96 valence electrons. The third-order valence-electron chi connectivity index (χ3n) is 2.87. The summed E-state index contributed by atoms with van der Waals surface area (Å²) < 4.78 is 5.14. The van der Waals surface area contributed by atoms with E-state index in [0.717, 1.165) is 17.7 Å². The van der Waals surface area contributed by atoms with Gasteiger partial charge in [-0.3, -0.25) is 0 Å². The summed E-state index contributed by atoms with van der Waals surface area (Å²) in [5.41, 5.74) is 2.21. The van der Waals surface area contributed by atoms with Gasteiger partial charge in [-0.25, -0.2) is 0 Å². The highest BCUT2D eigenvalue weighted by Crippen LogP contribution is 2.39. The maximum atomic E-state index is 6.54. The van der Waals surface area contributed by atoms with Crippen LogP contribution >= 0.6 is 34.5 Å². The predicted molar refractivity (Wildman–Crippen MR) is 79.4 cm³/mol. The second-order valence-electron chi connectivity index (χ2n) is 3.91. The molecule has 0 bridgehead atoms. The molecule has 1 aromatic carbocycles. The Balaban J connectivity index is 2.37. The molecule has 2 rings (SSSR count). The highest BCUT2D eigenvalue weighted by molar-refractivity contribution is 7.10. The van der Waals surface area contributed by atoms with Crippen molar-refractivity contribution in [2.45, 2.75) is 18.7 Å². The molecule has 2 aromatic rings. The van der Waals surface area contributed by atoms with Crippen LogP contribution in [0.2, 0.25) is 5.02 Å². The Morgan fingerprint density at radius 1 is 1.33 bits per heavy atom. The third-order valence-corrected chi connectivity index (χ3v) is 4.81. The SMILES string of the molecule is CCc1ccsc1C(Cl)c1ccc(OC)cc1Cl. The smallest absolute Gasteiger partial charge is 0.120 e. The zero-order valence-electron chi connectivity index (χ0n) is 10.2. The van der Waals surface area contributed by atoms with Crippen molar-refractivity contribution < 1.29 is 4.74 Å². The van der Waals surface area contributed by atoms with Gasteiger partial charge in [0.05, 0.1) is 12.5 Å². The van der Waals surface area contributed by atoms with Gasteiger partial charge in [-0.1, -0.05) is 24.6 Å². The van der Waals surface area contributed by atoms with Crippen molar-refractivity contribution in [1.29, 1.82) is 0 Å². The second-order valence-corrected chi connectivity index (χ2v) is 5.70. The summed E-state index contributed by atoms with van der Waals surface area (Å²) >= 11 is 14.5. The summed E-state index contributed by atoms with van der Waals surface area (Å²) in [6, 6.07) is 7.73. The third kappa shape index (κ3) is 2.66. The highest BCUT2D eigenvalue weighted by Gasteiger charge is 2.18. The van der Waals surface area contributed by atoms with Gasteiger partial charge in [0, 0.05) is 9.90 Å². The van der Waals surface area contributed by atoms with E-state index in [-0.39, 0.29) is 5.38 Å². The number of halogens is 2. The number of methoxy groups -OCH3 is 1. The molecule has 18 heavy (non-hydrogen) atoms. The molecule has 0 saturated heterocycles. The van der Waals surface area contributed by atoms with E-state index in [0.29, 0.717) is 5.02 Å². The van der Waals surface area contributed by atoms with Gasteiger partial charge in [-0.15, -0.1) is 22.9 Å². The van der Waals surface area contributed by atoms with Crippen molar-refractivity contribution in [1.82, 2.24) is 0 Å². The van der Waals surface area contributed by atoms with Crippen molar-refractivity contribution >= 4 is 34.5 Å². The molecule has 0 N–H and O–H groups in total. The zero-order valence-corrected chi connectivity index (χ0v) is 12.6. The Labute approximate surface area is 121 Å². The van der Waals surface area contributed by atoms with Gasteiger partial charge in [0.1, 0.15) is 5.75 Å². The Kier molecular flexibility index (Phi) is 4.55. The minimum Gasteiger partial charge on any atom is -0.497 e. The first-order valence-corrected chi connectivity index (χ1v) is 7.40. The van der Waals surface area contributed by atoms with Gasteiger partial charge < -0.3 is 4.74 Å². The number of benzene rings is 1. The summed E-state index contributed by atoms with van der Waals surface area (Å²) in [4.78, 5) is 1.17. The molecule has 0 aliphatic rings. The van der Waals surface area contributed by atoms with Crippen LogP contribution in [0.3, 0.4) is 0 Å². The number of aryl methyl sites for hydroxylation is 1. The normalized spacial score (nSPS) is 12.4. The number of rotatable bonds is 4. The molecule has 1 nitrogen and oxygen atoms in total. The number of ether oxygens (including phenoxy) is 1. The zero-order chi connectivity index (χ0) is 13.1. The summed E-state index contributed by atoms with van der Waals surface area (Å²) in [5, 5.41) is 2.52. The molecule has 1 heterocycles. The van der Waals surface area contributed by atoms with Gasteiger partial charge in [0.25, 0.3) is 0 Å². The van der Waals surface area contributed by atoms with E-state index in [4.69, 9.17) is 27.9 Å². The van der Waals surface area contributed by atoms with E-state index in [1.165, 1.54) is 10.4 Å². The van der Waals surface area contributed by atoms with Crippen molar-refractivity contribution in [2.24, 2.45) is 0 Å². The molecule has 1 atom stereocenters. The fourth-order valence-electron chi connectivity index (χ4n) is 1.84. The standard InChI is InChI=1S/C14H14Cl2OS/c1-3-9-6-7-18-14(9)13(16)11-5-4-10(17-2)8-12(11)15/h4-8,13H,3H2,1-2H3.